The molecule has 0 aliphatic carbocycles. The van der Waals surface area contributed by atoms with Gasteiger partial charge in [0.2, 0.25) is 15.9 Å². The number of fused-ring (bicyclic) bond motifs is 1. The Balaban J connectivity index is 1.32. The number of aryl methyl sites for hydroxylation is 2. The molecule has 0 atom stereocenters. The second kappa shape index (κ2) is 8.03. The lowest BCUT2D eigenvalue weighted by Crippen LogP contribution is -2.49. The Hall–Kier alpha value is -3.24. The second-order valence-electron chi connectivity index (χ2n) is 7.98. The third kappa shape index (κ3) is 3.87. The molecule has 0 radical (unpaired) electrons. The van der Waals surface area contributed by atoms with E-state index in [1.54, 1.807) is 18.2 Å². The minimum atomic E-state index is -3.61. The van der Waals surface area contributed by atoms with E-state index in [-0.39, 0.29) is 10.8 Å². The van der Waals surface area contributed by atoms with Gasteiger partial charge < -0.3 is 14.8 Å². The van der Waals surface area contributed by atoms with Gasteiger partial charge >= 0.3 is 0 Å². The van der Waals surface area contributed by atoms with Crippen molar-refractivity contribution in [2.45, 2.75) is 24.7 Å². The van der Waals surface area contributed by atoms with E-state index in [9.17, 15) is 13.2 Å². The smallest absolute Gasteiger partial charge is 0.243 e. The molecule has 10 heteroatoms. The van der Waals surface area contributed by atoms with E-state index < -0.39 is 10.0 Å². The maximum Gasteiger partial charge on any atom is 0.243 e. The highest BCUT2D eigenvalue weighted by Gasteiger charge is 2.30. The van der Waals surface area contributed by atoms with E-state index in [0.29, 0.717) is 50.5 Å². The number of nitrogens with zero attached hydrogens (tertiary/aromatic N) is 5. The molecule has 0 saturated carbocycles. The van der Waals surface area contributed by atoms with Crippen LogP contribution in [0.1, 0.15) is 17.8 Å². The molecule has 2 aliphatic rings. The van der Waals surface area contributed by atoms with Crippen LogP contribution in [0, 0.1) is 6.92 Å². The first-order valence-electron chi connectivity index (χ1n) is 10.6. The number of aromatic nitrogens is 3. The quantitative estimate of drug-likeness (QED) is 0.650. The fraction of sp³-hybridized carbons (Fsp3) is 0.318. The lowest BCUT2D eigenvalue weighted by molar-refractivity contribution is -0.116. The second-order valence-corrected chi connectivity index (χ2v) is 9.92. The number of hydrogen-bond acceptors (Lipinski definition) is 6. The fourth-order valence-electron chi connectivity index (χ4n) is 4.14. The summed E-state index contributed by atoms with van der Waals surface area (Å²) in [5, 5.41) is 2.79. The van der Waals surface area contributed by atoms with E-state index >= 15 is 0 Å². The molecule has 0 bridgehead atoms. The highest BCUT2D eigenvalue weighted by atomic mass is 32.2. The normalized spacial score (nSPS) is 17.2. The first kappa shape index (κ1) is 20.7. The predicted molar refractivity (Wildman–Crippen MR) is 120 cm³/mol. The standard InChI is InChI=1S/C22H24N6O3S/c1-16-23-20(26-8-2-3-9-26)15-21(24-16)27-10-12-28(13-11-27)32(30,31)18-5-6-19-17(14-18)4-7-22(29)25-19/h2-3,5-6,8-9,14-15H,4,7,10-13H2,1H3,(H,25,29). The number of carbonyl (C=O) groups is 1. The molecule has 1 N–H and O–H groups in total. The first-order chi connectivity index (χ1) is 15.4. The highest BCUT2D eigenvalue weighted by Crippen LogP contribution is 2.28. The number of sulfonamides is 1. The van der Waals surface area contributed by atoms with Crippen LogP contribution in [0.2, 0.25) is 0 Å². The summed E-state index contributed by atoms with van der Waals surface area (Å²) in [7, 11) is -3.61. The van der Waals surface area contributed by atoms with Crippen molar-refractivity contribution in [2.75, 3.05) is 36.4 Å². The molecule has 1 aromatic carbocycles. The van der Waals surface area contributed by atoms with Crippen molar-refractivity contribution in [3.63, 3.8) is 0 Å². The number of nitrogens with one attached hydrogen (secondary N) is 1. The van der Waals surface area contributed by atoms with Crippen molar-refractivity contribution in [1.29, 1.82) is 0 Å². The van der Waals surface area contributed by atoms with E-state index in [4.69, 9.17) is 0 Å². The van der Waals surface area contributed by atoms with Gasteiger partial charge in [-0.25, -0.2) is 18.4 Å². The average Bonchev–Trinajstić information content (AvgIpc) is 3.33. The van der Waals surface area contributed by atoms with Gasteiger partial charge in [-0.05, 0) is 49.2 Å². The Kier molecular flexibility index (Phi) is 5.18. The number of rotatable bonds is 4. The van der Waals surface area contributed by atoms with Crippen molar-refractivity contribution < 1.29 is 13.2 Å². The molecule has 5 rings (SSSR count). The average molecular weight is 453 g/mol. The largest absolute Gasteiger partial charge is 0.354 e. The molecular weight excluding hydrogens is 428 g/mol. The Morgan fingerprint density at radius 3 is 2.41 bits per heavy atom. The van der Waals surface area contributed by atoms with E-state index in [0.717, 1.165) is 17.2 Å². The Bertz CT molecular complexity index is 1260. The molecule has 0 unspecified atom stereocenters. The van der Waals surface area contributed by atoms with Crippen molar-refractivity contribution in [3.8, 4) is 5.82 Å². The van der Waals surface area contributed by atoms with Crippen LogP contribution in [-0.2, 0) is 21.2 Å². The van der Waals surface area contributed by atoms with Gasteiger partial charge in [0.05, 0.1) is 4.90 Å². The third-order valence-electron chi connectivity index (χ3n) is 5.85. The van der Waals surface area contributed by atoms with Crippen LogP contribution >= 0.6 is 0 Å². The summed E-state index contributed by atoms with van der Waals surface area (Å²) in [6.07, 6.45) is 4.79. The summed E-state index contributed by atoms with van der Waals surface area (Å²) >= 11 is 0. The number of hydrogen-bond donors (Lipinski definition) is 1. The summed E-state index contributed by atoms with van der Waals surface area (Å²) in [4.78, 5) is 23.0. The summed E-state index contributed by atoms with van der Waals surface area (Å²) in [6.45, 7) is 3.69. The number of amides is 1. The molecule has 2 aliphatic heterocycles. The van der Waals surface area contributed by atoms with Crippen molar-refractivity contribution in [3.05, 3.63) is 60.2 Å². The Morgan fingerprint density at radius 2 is 1.66 bits per heavy atom. The maximum atomic E-state index is 13.2. The van der Waals surface area contributed by atoms with Crippen LogP contribution in [0.15, 0.2) is 53.7 Å². The fourth-order valence-corrected chi connectivity index (χ4v) is 5.62. The number of benzene rings is 1. The van der Waals surface area contributed by atoms with Gasteiger partial charge in [0.1, 0.15) is 17.5 Å². The monoisotopic (exact) mass is 452 g/mol. The summed E-state index contributed by atoms with van der Waals surface area (Å²) in [5.74, 6) is 2.21. The molecule has 2 aromatic heterocycles. The van der Waals surface area contributed by atoms with Gasteiger partial charge in [-0.1, -0.05) is 0 Å². The maximum absolute atomic E-state index is 13.2. The van der Waals surface area contributed by atoms with Crippen molar-refractivity contribution in [2.24, 2.45) is 0 Å². The van der Waals surface area contributed by atoms with Crippen LogP contribution in [-0.4, -0.2) is 59.3 Å². The molecule has 32 heavy (non-hydrogen) atoms. The molecule has 9 nitrogen and oxygen atoms in total. The minimum absolute atomic E-state index is 0.0379. The van der Waals surface area contributed by atoms with Crippen LogP contribution in [0.25, 0.3) is 5.82 Å². The van der Waals surface area contributed by atoms with Crippen molar-refractivity contribution >= 4 is 27.4 Å². The van der Waals surface area contributed by atoms with Gasteiger partial charge in [0.25, 0.3) is 0 Å². The van der Waals surface area contributed by atoms with Gasteiger partial charge in [-0.2, -0.15) is 4.31 Å². The lowest BCUT2D eigenvalue weighted by atomic mass is 10.0. The molecule has 1 amide bonds. The number of anilines is 2. The van der Waals surface area contributed by atoms with Gasteiger partial charge in [-0.3, -0.25) is 4.79 Å². The molecule has 1 saturated heterocycles. The molecule has 1 fully saturated rings. The van der Waals surface area contributed by atoms with Crippen molar-refractivity contribution in [1.82, 2.24) is 18.8 Å². The third-order valence-corrected chi connectivity index (χ3v) is 7.75. The SMILES string of the molecule is Cc1nc(N2CCN(S(=O)(=O)c3ccc4c(c3)CCC(=O)N4)CC2)cc(-n2cccc2)n1. The number of piperazine rings is 1. The molecule has 4 heterocycles. The summed E-state index contributed by atoms with van der Waals surface area (Å²) < 4.78 is 29.9. The highest BCUT2D eigenvalue weighted by molar-refractivity contribution is 7.89. The van der Waals surface area contributed by atoms with Gasteiger partial charge in [-0.15, -0.1) is 0 Å². The molecule has 166 valence electrons. The van der Waals surface area contributed by atoms with Crippen LogP contribution in [0.3, 0.4) is 0 Å². The zero-order valence-electron chi connectivity index (χ0n) is 17.7. The Morgan fingerprint density at radius 1 is 0.938 bits per heavy atom. The zero-order chi connectivity index (χ0) is 22.3. The summed E-state index contributed by atoms with van der Waals surface area (Å²) in [6, 6.07) is 10.7. The lowest BCUT2D eigenvalue weighted by Gasteiger charge is -2.35. The van der Waals surface area contributed by atoms with E-state index in [2.05, 4.69) is 20.2 Å². The number of carbonyl (C=O) groups excluding carboxylic acids is 1. The molecule has 3 aromatic rings. The van der Waals surface area contributed by atoms with Crippen LogP contribution in [0.4, 0.5) is 11.5 Å². The molecular formula is C22H24N6O3S. The first-order valence-corrected chi connectivity index (χ1v) is 12.0. The van der Waals surface area contributed by atoms with Crippen LogP contribution in [0.5, 0.6) is 0 Å². The minimum Gasteiger partial charge on any atom is -0.354 e. The van der Waals surface area contributed by atoms with E-state index in [1.165, 1.54) is 4.31 Å². The summed E-state index contributed by atoms with van der Waals surface area (Å²) in [5.41, 5.74) is 1.56. The zero-order valence-corrected chi connectivity index (χ0v) is 18.5. The predicted octanol–water partition coefficient (Wildman–Crippen LogP) is 1.97. The van der Waals surface area contributed by atoms with Gasteiger partial charge in [0.15, 0.2) is 0 Å². The molecule has 0 spiro atoms. The Labute approximate surface area is 186 Å². The van der Waals surface area contributed by atoms with Gasteiger partial charge in [0, 0.05) is 56.7 Å². The topological polar surface area (TPSA) is 100 Å². The van der Waals surface area contributed by atoms with Crippen LogP contribution < -0.4 is 10.2 Å². The van der Waals surface area contributed by atoms with E-state index in [1.807, 2.05) is 42.1 Å².